The van der Waals surface area contributed by atoms with E-state index in [0.29, 0.717) is 18.0 Å². The highest BCUT2D eigenvalue weighted by Gasteiger charge is 2.13. The first-order valence-electron chi connectivity index (χ1n) is 6.43. The largest absolute Gasteiger partial charge is 0.496 e. The molecule has 0 saturated carbocycles. The van der Waals surface area contributed by atoms with E-state index in [1.807, 2.05) is 0 Å². The molecule has 0 spiro atoms. The molecule has 112 valence electrons. The molecular weight excluding hydrogens is 274 g/mol. The highest BCUT2D eigenvalue weighted by Crippen LogP contribution is 2.22. The molecule has 0 atom stereocenters. The number of nitrogens with one attached hydrogen (secondary N) is 1. The summed E-state index contributed by atoms with van der Waals surface area (Å²) in [6, 6.07) is 5.56. The van der Waals surface area contributed by atoms with E-state index < -0.39 is 5.97 Å². The first kappa shape index (κ1) is 14.7. The Balaban J connectivity index is 2.03. The van der Waals surface area contributed by atoms with E-state index in [4.69, 9.17) is 19.6 Å². The maximum absolute atomic E-state index is 11.5. The van der Waals surface area contributed by atoms with Crippen LogP contribution in [0, 0.1) is 0 Å². The van der Waals surface area contributed by atoms with Gasteiger partial charge in [-0.25, -0.2) is 4.79 Å². The molecule has 3 N–H and O–H groups in total. The van der Waals surface area contributed by atoms with Gasteiger partial charge in [-0.3, -0.25) is 0 Å². The van der Waals surface area contributed by atoms with Gasteiger partial charge < -0.3 is 24.9 Å². The van der Waals surface area contributed by atoms with Gasteiger partial charge in [0.1, 0.15) is 12.0 Å². The van der Waals surface area contributed by atoms with Crippen LogP contribution in [0.1, 0.15) is 23.0 Å². The summed E-state index contributed by atoms with van der Waals surface area (Å²) in [7, 11) is 1.58. The summed E-state index contributed by atoms with van der Waals surface area (Å²) in [5.41, 5.74) is 7.36. The second kappa shape index (κ2) is 6.65. The van der Waals surface area contributed by atoms with Gasteiger partial charge in [0, 0.05) is 17.8 Å². The molecule has 0 aliphatic carbocycles. The lowest BCUT2D eigenvalue weighted by Crippen LogP contribution is -2.06. The normalized spacial score (nSPS) is 10.2. The molecule has 2 rings (SSSR count). The van der Waals surface area contributed by atoms with E-state index in [0.717, 1.165) is 5.56 Å². The average molecular weight is 291 g/mol. The molecular formula is C14H17N3O4. The number of aromatic nitrogens is 1. The zero-order valence-corrected chi connectivity index (χ0v) is 11.9. The number of hydrogen-bond donors (Lipinski definition) is 2. The summed E-state index contributed by atoms with van der Waals surface area (Å²) >= 11 is 0. The molecule has 0 amide bonds. The zero-order chi connectivity index (χ0) is 15.2. The molecule has 0 fully saturated rings. The quantitative estimate of drug-likeness (QED) is 0.620. The highest BCUT2D eigenvalue weighted by molar-refractivity contribution is 5.87. The lowest BCUT2D eigenvalue weighted by molar-refractivity contribution is 0.0519. The lowest BCUT2D eigenvalue weighted by Gasteiger charge is -2.09. The van der Waals surface area contributed by atoms with Gasteiger partial charge in [-0.2, -0.15) is 4.98 Å². The van der Waals surface area contributed by atoms with E-state index in [1.54, 1.807) is 32.2 Å². The summed E-state index contributed by atoms with van der Waals surface area (Å²) in [5.74, 6) is 0.185. The Morgan fingerprint density at radius 1 is 1.48 bits per heavy atom. The molecule has 0 bridgehead atoms. The van der Waals surface area contributed by atoms with Crippen molar-refractivity contribution in [3.63, 3.8) is 0 Å². The van der Waals surface area contributed by atoms with Crippen LogP contribution in [0.5, 0.6) is 5.75 Å². The van der Waals surface area contributed by atoms with Crippen LogP contribution in [-0.4, -0.2) is 24.7 Å². The molecule has 0 radical (unpaired) electrons. The minimum absolute atomic E-state index is 0.124. The highest BCUT2D eigenvalue weighted by atomic mass is 16.5. The molecule has 7 heteroatoms. The summed E-state index contributed by atoms with van der Waals surface area (Å²) in [4.78, 5) is 15.5. The minimum atomic E-state index is -0.518. The predicted octanol–water partition coefficient (Wildman–Crippen LogP) is 2.05. The SMILES string of the molecule is CCOC(=O)c1coc(NCc2cc(N)ccc2OC)n1. The molecule has 0 unspecified atom stereocenters. The third kappa shape index (κ3) is 3.65. The predicted molar refractivity (Wildman–Crippen MR) is 77.2 cm³/mol. The maximum Gasteiger partial charge on any atom is 0.360 e. The van der Waals surface area contributed by atoms with Gasteiger partial charge in [0.25, 0.3) is 6.01 Å². The lowest BCUT2D eigenvalue weighted by atomic mass is 10.2. The molecule has 7 nitrogen and oxygen atoms in total. The van der Waals surface area contributed by atoms with Gasteiger partial charge in [-0.15, -0.1) is 0 Å². The monoisotopic (exact) mass is 291 g/mol. The fourth-order valence-corrected chi connectivity index (χ4v) is 1.76. The number of anilines is 2. The number of nitrogens with two attached hydrogens (primary N) is 1. The third-order valence-electron chi connectivity index (χ3n) is 2.72. The number of oxazole rings is 1. The second-order valence-corrected chi connectivity index (χ2v) is 4.18. The van der Waals surface area contributed by atoms with Crippen molar-refractivity contribution >= 4 is 17.7 Å². The Bertz CT molecular complexity index is 624. The van der Waals surface area contributed by atoms with Gasteiger partial charge in [0.15, 0.2) is 5.69 Å². The first-order valence-corrected chi connectivity index (χ1v) is 6.43. The molecule has 1 aromatic heterocycles. The van der Waals surface area contributed by atoms with E-state index in [1.165, 1.54) is 6.26 Å². The minimum Gasteiger partial charge on any atom is -0.496 e. The van der Waals surface area contributed by atoms with Crippen LogP contribution < -0.4 is 15.8 Å². The molecule has 21 heavy (non-hydrogen) atoms. The number of hydrogen-bond acceptors (Lipinski definition) is 7. The number of benzene rings is 1. The topological polar surface area (TPSA) is 99.6 Å². The zero-order valence-electron chi connectivity index (χ0n) is 11.9. The number of esters is 1. The summed E-state index contributed by atoms with van der Waals surface area (Å²) in [6.07, 6.45) is 1.25. The fourth-order valence-electron chi connectivity index (χ4n) is 1.76. The number of nitrogens with zero attached hydrogens (tertiary/aromatic N) is 1. The average Bonchev–Trinajstić information content (AvgIpc) is 2.94. The number of nitrogen functional groups attached to an aromatic ring is 1. The summed E-state index contributed by atoms with van der Waals surface area (Å²) < 4.78 is 15.2. The van der Waals surface area contributed by atoms with Crippen molar-refractivity contribution in [3.8, 4) is 5.75 Å². The van der Waals surface area contributed by atoms with Crippen molar-refractivity contribution in [3.05, 3.63) is 35.7 Å². The third-order valence-corrected chi connectivity index (χ3v) is 2.72. The molecule has 0 aliphatic heterocycles. The van der Waals surface area contributed by atoms with Gasteiger partial charge in [-0.05, 0) is 25.1 Å². The Labute approximate surface area is 122 Å². The Morgan fingerprint density at radius 2 is 2.29 bits per heavy atom. The van der Waals surface area contributed by atoms with Gasteiger partial charge in [0.05, 0.1) is 13.7 Å². The van der Waals surface area contributed by atoms with Crippen LogP contribution in [0.4, 0.5) is 11.7 Å². The summed E-state index contributed by atoms with van der Waals surface area (Å²) in [6.45, 7) is 2.41. The van der Waals surface area contributed by atoms with Crippen molar-refractivity contribution < 1.29 is 18.7 Å². The van der Waals surface area contributed by atoms with Crippen LogP contribution in [0.2, 0.25) is 0 Å². The van der Waals surface area contributed by atoms with Crippen molar-refractivity contribution in [2.75, 3.05) is 24.8 Å². The molecule has 1 heterocycles. The van der Waals surface area contributed by atoms with Crippen molar-refractivity contribution in [2.45, 2.75) is 13.5 Å². The number of carbonyl (C=O) groups is 1. The molecule has 0 saturated heterocycles. The van der Waals surface area contributed by atoms with Crippen molar-refractivity contribution in [1.29, 1.82) is 0 Å². The summed E-state index contributed by atoms with van der Waals surface area (Å²) in [5, 5.41) is 2.96. The van der Waals surface area contributed by atoms with Crippen LogP contribution in [0.15, 0.2) is 28.9 Å². The van der Waals surface area contributed by atoms with Gasteiger partial charge >= 0.3 is 5.97 Å². The van der Waals surface area contributed by atoms with Crippen LogP contribution in [-0.2, 0) is 11.3 Å². The fraction of sp³-hybridized carbons (Fsp3) is 0.286. The van der Waals surface area contributed by atoms with E-state index in [9.17, 15) is 4.79 Å². The Kier molecular flexibility index (Phi) is 4.65. The van der Waals surface area contributed by atoms with Crippen LogP contribution >= 0.6 is 0 Å². The Hall–Kier alpha value is -2.70. The van der Waals surface area contributed by atoms with E-state index in [2.05, 4.69) is 10.3 Å². The van der Waals surface area contributed by atoms with Crippen molar-refractivity contribution in [2.24, 2.45) is 0 Å². The van der Waals surface area contributed by atoms with E-state index in [-0.39, 0.29) is 18.3 Å². The number of carbonyl (C=O) groups excluding carboxylic acids is 1. The van der Waals surface area contributed by atoms with Gasteiger partial charge in [0.2, 0.25) is 0 Å². The molecule has 0 aliphatic rings. The number of rotatable bonds is 6. The first-order chi connectivity index (χ1) is 10.1. The van der Waals surface area contributed by atoms with Crippen LogP contribution in [0.3, 0.4) is 0 Å². The molecule has 1 aromatic carbocycles. The van der Waals surface area contributed by atoms with Crippen molar-refractivity contribution in [1.82, 2.24) is 4.98 Å². The standard InChI is InChI=1S/C14H17N3O4/c1-3-20-13(18)11-8-21-14(17-11)16-7-9-6-10(15)4-5-12(9)19-2/h4-6,8H,3,7,15H2,1-2H3,(H,16,17). The maximum atomic E-state index is 11.5. The number of ether oxygens (including phenoxy) is 2. The van der Waals surface area contributed by atoms with Gasteiger partial charge in [-0.1, -0.05) is 0 Å². The second-order valence-electron chi connectivity index (χ2n) is 4.18. The van der Waals surface area contributed by atoms with Crippen LogP contribution in [0.25, 0.3) is 0 Å². The number of methoxy groups -OCH3 is 1. The smallest absolute Gasteiger partial charge is 0.360 e. The van der Waals surface area contributed by atoms with E-state index >= 15 is 0 Å². The molecule has 2 aromatic rings. The Morgan fingerprint density at radius 3 is 3.00 bits per heavy atom.